The SMILES string of the molecule is Fc1c(Oc2ccc(Cl)cc2)c(Oc2ccc(Cl)cc2)c(F)c2c1-c1nc-2nc2[nH]c(nc3nc(nc4[nH]c(n1)c1c(F)c(Oc5ccc(Cl)cc5)c(Oc5ccc(Cl)cc5)c(F)c41)-c1c(F)c(Oc4ccc(Cl)cc4)c(Oc4ccc(Cl)cc4)c(F)c1-3)c1c(F)c(Oc3ccc(Cl)cc3)c(Oc3ccc(Cl)cc3)c(F)c21. The zero-order valence-corrected chi connectivity index (χ0v) is 61.5. The van der Waals surface area contributed by atoms with Crippen molar-refractivity contribution in [2.75, 3.05) is 0 Å². The standard InChI is InChI=1S/C80H34Cl8F8N8O8/c81-33-1-17-41(18-2-33)105-65-57(89)49-50(58(90)66(65)106-42-19-3-34(82)4-20-42)74-97-73(49)101-75-51-52(60(92)68(108-44-23-7-36(84)8-24-44)67(59(51)91)107-43-21-5-35(83)6-22-43)77(98-75)103-79-55-56(64(96)72(112-48-31-15-40(88)16-32-48)71(63(55)95)111-47-29-13-39(87)14-30-47)80(100-79)104-78-54-53(76(99-78)102-74)61(93)69(109-45-25-9-37(85)10-26-45)70(62(54)94)110-46-27-11-38(86)12-28-46/h1-32H,(H2,97,98,99,100,101,102,103,104). The Labute approximate surface area is 663 Å². The van der Waals surface area contributed by atoms with Crippen LogP contribution < -0.4 is 37.9 Å². The third-order valence-electron chi connectivity index (χ3n) is 17.1. The molecule has 554 valence electrons. The minimum atomic E-state index is -1.54. The molecule has 16 nitrogen and oxygen atoms in total. The Morgan fingerprint density at radius 1 is 0.188 bits per heavy atom. The van der Waals surface area contributed by atoms with E-state index >= 15 is 35.1 Å². The third-order valence-corrected chi connectivity index (χ3v) is 19.1. The van der Waals surface area contributed by atoms with Gasteiger partial charge in [-0.2, -0.15) is 0 Å². The number of nitrogens with one attached hydrogen (secondary N) is 2. The monoisotopic (exact) mass is 1670 g/mol. The molecule has 0 aliphatic carbocycles. The molecule has 112 heavy (non-hydrogen) atoms. The Morgan fingerprint density at radius 3 is 0.464 bits per heavy atom. The summed E-state index contributed by atoms with van der Waals surface area (Å²) in [5.41, 5.74) is -7.38. The topological polar surface area (TPSA) is 183 Å². The molecule has 0 fully saturated rings. The van der Waals surface area contributed by atoms with Gasteiger partial charge in [0.05, 0.1) is 43.8 Å². The Balaban J connectivity index is 1.06. The molecule has 0 radical (unpaired) electrons. The predicted molar refractivity (Wildman–Crippen MR) is 408 cm³/mol. The molecule has 8 bridgehead atoms. The van der Waals surface area contributed by atoms with Gasteiger partial charge in [0.15, 0.2) is 69.8 Å². The van der Waals surface area contributed by atoms with Crippen molar-refractivity contribution in [3.63, 3.8) is 0 Å². The molecule has 15 aromatic rings. The second-order valence-electron chi connectivity index (χ2n) is 24.2. The lowest BCUT2D eigenvalue weighted by Crippen LogP contribution is -2.02. The lowest BCUT2D eigenvalue weighted by Gasteiger charge is -2.17. The van der Waals surface area contributed by atoms with Crippen LogP contribution in [0.25, 0.3) is 89.7 Å². The molecule has 0 spiro atoms. The number of nitrogens with zero attached hydrogens (tertiary/aromatic N) is 6. The fourth-order valence-corrected chi connectivity index (χ4v) is 13.0. The molecule has 0 amide bonds. The highest BCUT2D eigenvalue weighted by atomic mass is 35.5. The van der Waals surface area contributed by atoms with E-state index in [1.54, 1.807) is 0 Å². The van der Waals surface area contributed by atoms with Crippen LogP contribution in [-0.2, 0) is 0 Å². The molecule has 2 aliphatic heterocycles. The van der Waals surface area contributed by atoms with Crippen LogP contribution in [0.2, 0.25) is 40.2 Å². The molecule has 2 aliphatic rings. The minimum absolute atomic E-state index is 0.160. The van der Waals surface area contributed by atoms with Gasteiger partial charge in [-0.3, -0.25) is 0 Å². The van der Waals surface area contributed by atoms with E-state index in [0.29, 0.717) is 0 Å². The summed E-state index contributed by atoms with van der Waals surface area (Å²) in [6.45, 7) is 0. The summed E-state index contributed by atoms with van der Waals surface area (Å²) in [7, 11) is 0. The van der Waals surface area contributed by atoms with Crippen molar-refractivity contribution in [1.29, 1.82) is 0 Å². The molecule has 12 aromatic carbocycles. The number of aromatic amines is 2. The molecule has 3 aromatic heterocycles. The van der Waals surface area contributed by atoms with Gasteiger partial charge >= 0.3 is 0 Å². The lowest BCUT2D eigenvalue weighted by atomic mass is 10.0. The Bertz CT molecular complexity index is 5790. The molecule has 32 heteroatoms. The number of fused-ring (bicyclic) bond motifs is 20. The van der Waals surface area contributed by atoms with Gasteiger partial charge in [0.25, 0.3) is 0 Å². The number of benzene rings is 12. The van der Waals surface area contributed by atoms with Crippen LogP contribution in [-0.4, -0.2) is 39.9 Å². The number of hydrogen-bond donors (Lipinski definition) is 2. The van der Waals surface area contributed by atoms with Crippen LogP contribution in [0.1, 0.15) is 0 Å². The number of H-pyrrole nitrogens is 2. The predicted octanol–water partition coefficient (Wildman–Crippen LogP) is 27.5. The van der Waals surface area contributed by atoms with Gasteiger partial charge < -0.3 is 47.9 Å². The molecule has 0 atom stereocenters. The van der Waals surface area contributed by atoms with E-state index in [2.05, 4.69) is 39.9 Å². The highest BCUT2D eigenvalue weighted by molar-refractivity contribution is 6.33. The molecule has 0 saturated carbocycles. The fourth-order valence-electron chi connectivity index (χ4n) is 12.0. The molecule has 2 N–H and O–H groups in total. The number of rotatable bonds is 16. The normalized spacial score (nSPS) is 11.6. The van der Waals surface area contributed by atoms with Crippen LogP contribution in [0.15, 0.2) is 194 Å². The Morgan fingerprint density at radius 2 is 0.321 bits per heavy atom. The molecule has 0 saturated heterocycles. The van der Waals surface area contributed by atoms with E-state index in [4.69, 9.17) is 131 Å². The van der Waals surface area contributed by atoms with Gasteiger partial charge in [-0.1, -0.05) is 92.8 Å². The number of aromatic nitrogens is 8. The average molecular weight is 1670 g/mol. The lowest BCUT2D eigenvalue weighted by molar-refractivity contribution is 0.376. The quantitative estimate of drug-likeness (QED) is 0.0871. The largest absolute Gasteiger partial charge is 0.450 e. The van der Waals surface area contributed by atoms with E-state index in [9.17, 15) is 0 Å². The zero-order chi connectivity index (χ0) is 77.7. The molecular weight excluding hydrogens is 1640 g/mol. The summed E-state index contributed by atoms with van der Waals surface area (Å²) in [6.07, 6.45) is 0. The summed E-state index contributed by atoms with van der Waals surface area (Å²) in [6, 6.07) is 42.8. The second kappa shape index (κ2) is 29.4. The summed E-state index contributed by atoms with van der Waals surface area (Å²) in [5, 5.41) is -2.14. The first-order valence-electron chi connectivity index (χ1n) is 32.5. The van der Waals surface area contributed by atoms with E-state index in [1.165, 1.54) is 194 Å². The average Bonchev–Trinajstić information content (AvgIpc) is 1.51. The first-order valence-corrected chi connectivity index (χ1v) is 35.6. The number of halogens is 16. The minimum Gasteiger partial charge on any atom is -0.450 e. The third kappa shape index (κ3) is 13.7. The van der Waals surface area contributed by atoms with Crippen LogP contribution in [0.5, 0.6) is 92.0 Å². The number of ether oxygens (including phenoxy) is 8. The molecule has 17 rings (SSSR count). The van der Waals surface area contributed by atoms with E-state index in [-0.39, 0.29) is 86.2 Å². The van der Waals surface area contributed by atoms with Crippen molar-refractivity contribution in [2.24, 2.45) is 0 Å². The van der Waals surface area contributed by atoms with Crippen LogP contribution >= 0.6 is 92.8 Å². The Hall–Kier alpha value is -11.8. The highest BCUT2D eigenvalue weighted by Crippen LogP contribution is 2.55. The summed E-state index contributed by atoms with van der Waals surface area (Å²) >= 11 is 50.2. The molecule has 0 unspecified atom stereocenters. The Kier molecular flexibility index (Phi) is 19.2. The molecule has 5 heterocycles. The van der Waals surface area contributed by atoms with Gasteiger partial charge in [-0.25, -0.2) is 65.0 Å². The number of hydrogen-bond acceptors (Lipinski definition) is 14. The first-order chi connectivity index (χ1) is 54.0. The van der Waals surface area contributed by atoms with Crippen molar-refractivity contribution in [3.05, 3.63) is 281 Å². The van der Waals surface area contributed by atoms with Crippen LogP contribution in [0.3, 0.4) is 0 Å². The first kappa shape index (κ1) is 73.0. The summed E-state index contributed by atoms with van der Waals surface area (Å²) < 4.78 is 201. The van der Waals surface area contributed by atoms with Crippen molar-refractivity contribution in [1.82, 2.24) is 39.9 Å². The van der Waals surface area contributed by atoms with Gasteiger partial charge in [0, 0.05) is 40.2 Å². The van der Waals surface area contributed by atoms with Crippen LogP contribution in [0.4, 0.5) is 35.1 Å². The van der Waals surface area contributed by atoms with Gasteiger partial charge in [-0.15, -0.1) is 0 Å². The van der Waals surface area contributed by atoms with E-state index < -0.39 is 182 Å². The van der Waals surface area contributed by atoms with Crippen molar-refractivity contribution in [3.8, 4) is 138 Å². The van der Waals surface area contributed by atoms with Gasteiger partial charge in [0.1, 0.15) is 68.6 Å². The maximum absolute atomic E-state index is 18.9. The van der Waals surface area contributed by atoms with Crippen molar-refractivity contribution in [2.45, 2.75) is 0 Å². The maximum atomic E-state index is 18.9. The van der Waals surface area contributed by atoms with Crippen molar-refractivity contribution >= 4 is 137 Å². The van der Waals surface area contributed by atoms with E-state index in [1.807, 2.05) is 0 Å². The summed E-state index contributed by atoms with van der Waals surface area (Å²) in [5.74, 6) is -25.5. The highest BCUT2D eigenvalue weighted by Gasteiger charge is 2.40. The fraction of sp³-hybridized carbons (Fsp3) is 0. The van der Waals surface area contributed by atoms with E-state index in [0.717, 1.165) is 0 Å². The van der Waals surface area contributed by atoms with Gasteiger partial charge in [0.2, 0.25) is 46.0 Å². The van der Waals surface area contributed by atoms with Crippen molar-refractivity contribution < 1.29 is 73.0 Å². The summed E-state index contributed by atoms with van der Waals surface area (Å²) in [4.78, 5) is 33.2. The smallest absolute Gasteiger partial charge is 0.209 e. The van der Waals surface area contributed by atoms with Gasteiger partial charge in [-0.05, 0) is 194 Å². The maximum Gasteiger partial charge on any atom is 0.209 e. The molecular formula is C80H34Cl8F8N8O8. The zero-order valence-electron chi connectivity index (χ0n) is 55.5. The van der Waals surface area contributed by atoms with Crippen LogP contribution in [0, 0.1) is 46.5 Å². The second-order valence-corrected chi connectivity index (χ2v) is 27.7.